The van der Waals surface area contributed by atoms with Gasteiger partial charge in [-0.3, -0.25) is 0 Å². The number of benzene rings is 2. The van der Waals surface area contributed by atoms with E-state index in [0.717, 1.165) is 24.9 Å². The molecule has 2 aromatic carbocycles. The van der Waals surface area contributed by atoms with Crippen LogP contribution in [0.3, 0.4) is 0 Å². The molecule has 20 heavy (non-hydrogen) atoms. The number of hydrogen-bond acceptors (Lipinski definition) is 2. The van der Waals surface area contributed by atoms with Crippen molar-refractivity contribution in [3.8, 4) is 5.75 Å². The predicted octanol–water partition coefficient (Wildman–Crippen LogP) is 6.16. The van der Waals surface area contributed by atoms with E-state index in [0.29, 0.717) is 0 Å². The van der Waals surface area contributed by atoms with Crippen molar-refractivity contribution in [2.45, 2.75) is 13.0 Å². The Hall–Kier alpha value is -0.520. The number of anilines is 1. The molecule has 2 aromatic rings. The number of hydrogen-bond donors (Lipinski definition) is 1. The van der Waals surface area contributed by atoms with Gasteiger partial charge >= 0.3 is 0 Å². The first-order chi connectivity index (χ1) is 9.51. The van der Waals surface area contributed by atoms with Crippen molar-refractivity contribution in [1.29, 1.82) is 0 Å². The fourth-order valence-corrected chi connectivity index (χ4v) is 3.87. The highest BCUT2D eigenvalue weighted by Gasteiger charge is 2.10. The molecular weight excluding hydrogens is 450 g/mol. The lowest BCUT2D eigenvalue weighted by Crippen LogP contribution is -2.07. The Morgan fingerprint density at radius 3 is 2.35 bits per heavy atom. The van der Waals surface area contributed by atoms with Crippen molar-refractivity contribution < 1.29 is 4.74 Å². The third-order valence-corrected chi connectivity index (χ3v) is 4.76. The Labute approximate surface area is 144 Å². The van der Waals surface area contributed by atoms with Crippen LogP contribution >= 0.6 is 47.8 Å². The van der Waals surface area contributed by atoms with Crippen molar-refractivity contribution in [3.05, 3.63) is 55.4 Å². The van der Waals surface area contributed by atoms with Gasteiger partial charge in [-0.15, -0.1) is 0 Å². The van der Waals surface area contributed by atoms with Crippen LogP contribution in [0.5, 0.6) is 5.75 Å². The number of ether oxygens (including phenoxy) is 1. The third-order valence-electron chi connectivity index (χ3n) is 2.96. The van der Waals surface area contributed by atoms with Crippen LogP contribution in [0.2, 0.25) is 0 Å². The Balaban J connectivity index is 2.18. The van der Waals surface area contributed by atoms with Crippen LogP contribution in [-0.4, -0.2) is 7.11 Å². The van der Waals surface area contributed by atoms with Crippen LogP contribution in [0.1, 0.15) is 18.5 Å². The zero-order valence-corrected chi connectivity index (χ0v) is 15.8. The number of methoxy groups -OCH3 is 1. The number of nitrogens with one attached hydrogen (secondary N) is 1. The van der Waals surface area contributed by atoms with E-state index in [2.05, 4.69) is 72.2 Å². The van der Waals surface area contributed by atoms with Gasteiger partial charge in [-0.25, -0.2) is 0 Å². The van der Waals surface area contributed by atoms with Gasteiger partial charge in [0.15, 0.2) is 0 Å². The minimum atomic E-state index is 0.192. The summed E-state index contributed by atoms with van der Waals surface area (Å²) in [4.78, 5) is 0. The smallest absolute Gasteiger partial charge is 0.133 e. The highest BCUT2D eigenvalue weighted by molar-refractivity contribution is 9.11. The normalized spacial score (nSPS) is 12.1. The first-order valence-electron chi connectivity index (χ1n) is 6.06. The zero-order chi connectivity index (χ0) is 14.7. The first kappa shape index (κ1) is 15.9. The minimum absolute atomic E-state index is 0.192. The fourth-order valence-electron chi connectivity index (χ4n) is 1.94. The molecule has 0 fully saturated rings. The standard InChI is InChI=1S/C15H14Br3NO/c1-9(12-5-3-10(16)7-13(12)17)19-11-4-6-15(20-2)14(18)8-11/h3-9,19H,1-2H3. The van der Waals surface area contributed by atoms with Gasteiger partial charge in [0, 0.05) is 20.7 Å². The summed E-state index contributed by atoms with van der Waals surface area (Å²) < 4.78 is 8.32. The fraction of sp³-hybridized carbons (Fsp3) is 0.200. The molecule has 5 heteroatoms. The van der Waals surface area contributed by atoms with E-state index in [9.17, 15) is 0 Å². The van der Waals surface area contributed by atoms with Gasteiger partial charge in [0.05, 0.1) is 11.6 Å². The lowest BCUT2D eigenvalue weighted by molar-refractivity contribution is 0.412. The van der Waals surface area contributed by atoms with E-state index in [1.165, 1.54) is 5.56 Å². The van der Waals surface area contributed by atoms with Crippen molar-refractivity contribution in [2.24, 2.45) is 0 Å². The molecule has 0 bridgehead atoms. The van der Waals surface area contributed by atoms with Crippen molar-refractivity contribution in [1.82, 2.24) is 0 Å². The van der Waals surface area contributed by atoms with E-state index in [1.807, 2.05) is 24.3 Å². The highest BCUT2D eigenvalue weighted by Crippen LogP contribution is 2.32. The summed E-state index contributed by atoms with van der Waals surface area (Å²) in [5.74, 6) is 0.827. The van der Waals surface area contributed by atoms with Gasteiger partial charge in [0.1, 0.15) is 5.75 Å². The van der Waals surface area contributed by atoms with E-state index in [-0.39, 0.29) is 6.04 Å². The Kier molecular flexibility index (Phi) is 5.52. The van der Waals surface area contributed by atoms with Gasteiger partial charge < -0.3 is 10.1 Å². The molecule has 0 aromatic heterocycles. The summed E-state index contributed by atoms with van der Waals surface area (Å²) in [6, 6.07) is 12.4. The van der Waals surface area contributed by atoms with Crippen LogP contribution in [-0.2, 0) is 0 Å². The van der Waals surface area contributed by atoms with Crippen molar-refractivity contribution in [3.63, 3.8) is 0 Å². The maximum Gasteiger partial charge on any atom is 0.133 e. The van der Waals surface area contributed by atoms with E-state index < -0.39 is 0 Å². The summed E-state index contributed by atoms with van der Waals surface area (Å²) in [7, 11) is 1.66. The molecule has 0 saturated heterocycles. The molecule has 0 aliphatic carbocycles. The van der Waals surface area contributed by atoms with Gasteiger partial charge in [-0.2, -0.15) is 0 Å². The Bertz CT molecular complexity index is 616. The molecule has 0 aliphatic rings. The molecule has 0 aliphatic heterocycles. The second-order valence-corrected chi connectivity index (χ2v) is 7.01. The summed E-state index contributed by atoms with van der Waals surface area (Å²) >= 11 is 10.6. The molecule has 0 amide bonds. The largest absolute Gasteiger partial charge is 0.496 e. The van der Waals surface area contributed by atoms with Crippen molar-refractivity contribution >= 4 is 53.5 Å². The highest BCUT2D eigenvalue weighted by atomic mass is 79.9. The summed E-state index contributed by atoms with van der Waals surface area (Å²) in [5, 5.41) is 3.48. The molecule has 2 rings (SSSR count). The molecule has 0 radical (unpaired) electrons. The number of halogens is 3. The van der Waals surface area contributed by atoms with Gasteiger partial charge in [0.25, 0.3) is 0 Å². The van der Waals surface area contributed by atoms with E-state index in [4.69, 9.17) is 4.74 Å². The quantitative estimate of drug-likeness (QED) is 0.586. The molecule has 1 atom stereocenters. The maximum absolute atomic E-state index is 5.23. The van der Waals surface area contributed by atoms with Crippen molar-refractivity contribution in [2.75, 3.05) is 12.4 Å². The summed E-state index contributed by atoms with van der Waals surface area (Å²) in [5.41, 5.74) is 2.25. The molecular formula is C15H14Br3NO. The molecule has 106 valence electrons. The Morgan fingerprint density at radius 1 is 1.00 bits per heavy atom. The lowest BCUT2D eigenvalue weighted by Gasteiger charge is -2.18. The SMILES string of the molecule is COc1ccc(NC(C)c2ccc(Br)cc2Br)cc1Br. The predicted molar refractivity (Wildman–Crippen MR) is 94.6 cm³/mol. The maximum atomic E-state index is 5.23. The molecule has 0 heterocycles. The zero-order valence-electron chi connectivity index (χ0n) is 11.1. The number of rotatable bonds is 4. The molecule has 0 spiro atoms. The van der Waals surface area contributed by atoms with Crippen LogP contribution in [0, 0.1) is 0 Å². The summed E-state index contributed by atoms with van der Waals surface area (Å²) in [6.07, 6.45) is 0. The average Bonchev–Trinajstić information content (AvgIpc) is 2.38. The second kappa shape index (κ2) is 6.96. The van der Waals surface area contributed by atoms with Gasteiger partial charge in [0.2, 0.25) is 0 Å². The van der Waals surface area contributed by atoms with Crippen LogP contribution in [0.4, 0.5) is 5.69 Å². The lowest BCUT2D eigenvalue weighted by atomic mass is 10.1. The monoisotopic (exact) mass is 461 g/mol. The second-order valence-electron chi connectivity index (χ2n) is 4.38. The summed E-state index contributed by atoms with van der Waals surface area (Å²) in [6.45, 7) is 2.13. The average molecular weight is 464 g/mol. The van der Waals surface area contributed by atoms with E-state index >= 15 is 0 Å². The van der Waals surface area contributed by atoms with Crippen LogP contribution in [0.15, 0.2) is 49.8 Å². The Morgan fingerprint density at radius 2 is 1.75 bits per heavy atom. The molecule has 1 unspecified atom stereocenters. The van der Waals surface area contributed by atoms with Crippen LogP contribution < -0.4 is 10.1 Å². The first-order valence-corrected chi connectivity index (χ1v) is 8.44. The minimum Gasteiger partial charge on any atom is -0.496 e. The topological polar surface area (TPSA) is 21.3 Å². The van der Waals surface area contributed by atoms with Gasteiger partial charge in [-0.05, 0) is 58.7 Å². The van der Waals surface area contributed by atoms with Crippen LogP contribution in [0.25, 0.3) is 0 Å². The third kappa shape index (κ3) is 3.77. The van der Waals surface area contributed by atoms with E-state index in [1.54, 1.807) is 7.11 Å². The molecule has 2 nitrogen and oxygen atoms in total. The molecule has 1 N–H and O–H groups in total. The van der Waals surface area contributed by atoms with Gasteiger partial charge in [-0.1, -0.05) is 37.9 Å². The molecule has 0 saturated carbocycles.